The summed E-state index contributed by atoms with van der Waals surface area (Å²) in [7, 11) is 0. The normalized spacial score (nSPS) is 26.5. The van der Waals surface area contributed by atoms with Crippen molar-refractivity contribution >= 4 is 35.0 Å². The lowest BCUT2D eigenvalue weighted by atomic mass is 9.80. The Morgan fingerprint density at radius 1 is 1.10 bits per heavy atom. The van der Waals surface area contributed by atoms with Crippen LogP contribution in [0.3, 0.4) is 0 Å². The number of nitrogens with zero attached hydrogens (tertiary/aromatic N) is 2. The van der Waals surface area contributed by atoms with Crippen LogP contribution >= 0.6 is 11.8 Å². The van der Waals surface area contributed by atoms with Crippen molar-refractivity contribution < 1.29 is 14.3 Å². The van der Waals surface area contributed by atoms with Crippen LogP contribution in [0.1, 0.15) is 51.2 Å². The first-order chi connectivity index (χ1) is 14.3. The van der Waals surface area contributed by atoms with Crippen LogP contribution in [0, 0.1) is 0 Å². The Morgan fingerprint density at radius 3 is 2.53 bits per heavy atom. The van der Waals surface area contributed by atoms with Gasteiger partial charge >= 0.3 is 0 Å². The molecule has 0 bridgehead atoms. The van der Waals surface area contributed by atoms with Crippen molar-refractivity contribution in [3.05, 3.63) is 53.6 Å². The van der Waals surface area contributed by atoms with Crippen LogP contribution in [0.15, 0.2) is 42.5 Å². The molecule has 0 aromatic heterocycles. The summed E-state index contributed by atoms with van der Waals surface area (Å²) in [6.07, 6.45) is 0.896. The molecule has 3 aliphatic rings. The summed E-state index contributed by atoms with van der Waals surface area (Å²) in [6, 6.07) is 13.7. The average molecular weight is 423 g/mol. The molecule has 0 radical (unpaired) electrons. The van der Waals surface area contributed by atoms with Crippen LogP contribution in [0.25, 0.3) is 0 Å². The van der Waals surface area contributed by atoms with Gasteiger partial charge in [0.25, 0.3) is 5.91 Å². The second-order valence-electron chi connectivity index (χ2n) is 8.89. The van der Waals surface area contributed by atoms with Gasteiger partial charge < -0.3 is 9.64 Å². The predicted molar refractivity (Wildman–Crippen MR) is 120 cm³/mol. The standard InChI is InChI=1S/C24H26N2O3S/c1-5-29-17-11-9-16(10-12-17)25-20(27)14-30-24(25)19-8-6-7-18-15(2)13-23(3,4)26(21(18)19)22(24)28/h6-12,15H,5,13-14H2,1-4H3/t15-,24-/m0/s1. The quantitative estimate of drug-likeness (QED) is 0.722. The topological polar surface area (TPSA) is 49.9 Å². The fraction of sp³-hybridized carbons (Fsp3) is 0.417. The first kappa shape index (κ1) is 19.5. The zero-order valence-electron chi connectivity index (χ0n) is 17.8. The summed E-state index contributed by atoms with van der Waals surface area (Å²) in [5.41, 5.74) is 3.56. The Balaban J connectivity index is 1.70. The molecule has 156 valence electrons. The van der Waals surface area contributed by atoms with E-state index in [-0.39, 0.29) is 23.1 Å². The molecule has 5 nitrogen and oxygen atoms in total. The summed E-state index contributed by atoms with van der Waals surface area (Å²) in [5.74, 6) is 1.35. The fourth-order valence-corrected chi connectivity index (χ4v) is 6.72. The molecule has 1 spiro atoms. The lowest BCUT2D eigenvalue weighted by Gasteiger charge is -2.44. The largest absolute Gasteiger partial charge is 0.494 e. The highest BCUT2D eigenvalue weighted by Crippen LogP contribution is 2.61. The first-order valence-corrected chi connectivity index (χ1v) is 11.5. The van der Waals surface area contributed by atoms with Gasteiger partial charge in [0.1, 0.15) is 5.75 Å². The van der Waals surface area contributed by atoms with E-state index >= 15 is 0 Å². The van der Waals surface area contributed by atoms with Crippen molar-refractivity contribution in [2.45, 2.75) is 50.4 Å². The molecular weight excluding hydrogens is 396 g/mol. The van der Waals surface area contributed by atoms with E-state index in [1.165, 1.54) is 17.3 Å². The molecule has 6 heteroatoms. The minimum atomic E-state index is -1.04. The minimum absolute atomic E-state index is 0.00779. The predicted octanol–water partition coefficient (Wildman–Crippen LogP) is 4.65. The maximum atomic E-state index is 14.1. The smallest absolute Gasteiger partial charge is 0.269 e. The number of fused-ring (bicyclic) bond motifs is 1. The lowest BCUT2D eigenvalue weighted by molar-refractivity contribution is -0.124. The van der Waals surface area contributed by atoms with Crippen molar-refractivity contribution in [2.24, 2.45) is 0 Å². The zero-order valence-corrected chi connectivity index (χ0v) is 18.6. The van der Waals surface area contributed by atoms with E-state index in [0.29, 0.717) is 12.5 Å². The van der Waals surface area contributed by atoms with E-state index in [4.69, 9.17) is 4.74 Å². The SMILES string of the molecule is CCOc1ccc(N2C(=O)CS[C@@]23C(=O)N2c4c(cccc43)[C@@H](C)CC2(C)C)cc1. The van der Waals surface area contributed by atoms with Gasteiger partial charge in [0.15, 0.2) is 0 Å². The third-order valence-corrected chi connectivity index (χ3v) is 7.85. The molecule has 2 aromatic carbocycles. The van der Waals surface area contributed by atoms with Crippen LogP contribution in [0.4, 0.5) is 11.4 Å². The number of hydrogen-bond donors (Lipinski definition) is 0. The highest BCUT2D eigenvalue weighted by atomic mass is 32.2. The van der Waals surface area contributed by atoms with Gasteiger partial charge in [-0.15, -0.1) is 11.8 Å². The van der Waals surface area contributed by atoms with Gasteiger partial charge in [0.05, 0.1) is 18.0 Å². The molecule has 2 amide bonds. The summed E-state index contributed by atoms with van der Waals surface area (Å²) >= 11 is 1.44. The molecule has 0 aliphatic carbocycles. The fourth-order valence-electron chi connectivity index (χ4n) is 5.39. The summed E-state index contributed by atoms with van der Waals surface area (Å²) in [4.78, 5) is 29.9. The van der Waals surface area contributed by atoms with E-state index < -0.39 is 4.87 Å². The average Bonchev–Trinajstić information content (AvgIpc) is 3.18. The Morgan fingerprint density at radius 2 is 1.83 bits per heavy atom. The highest BCUT2D eigenvalue weighted by Gasteiger charge is 2.64. The van der Waals surface area contributed by atoms with Gasteiger partial charge in [0, 0.05) is 16.8 Å². The Labute approximate surface area is 181 Å². The van der Waals surface area contributed by atoms with E-state index in [9.17, 15) is 9.59 Å². The molecule has 0 saturated carbocycles. The van der Waals surface area contributed by atoms with Crippen molar-refractivity contribution in [3.63, 3.8) is 0 Å². The Hall–Kier alpha value is -2.47. The van der Waals surface area contributed by atoms with Gasteiger partial charge in [0.2, 0.25) is 10.8 Å². The number of anilines is 2. The van der Waals surface area contributed by atoms with Gasteiger partial charge in [-0.3, -0.25) is 14.5 Å². The molecule has 3 aliphatic heterocycles. The first-order valence-electron chi connectivity index (χ1n) is 10.5. The van der Waals surface area contributed by atoms with Gasteiger partial charge in [-0.2, -0.15) is 0 Å². The van der Waals surface area contributed by atoms with Gasteiger partial charge in [-0.25, -0.2) is 0 Å². The number of carbonyl (C=O) groups is 2. The molecule has 1 fully saturated rings. The molecule has 1 saturated heterocycles. The number of benzene rings is 2. The van der Waals surface area contributed by atoms with Crippen LogP contribution in [0.2, 0.25) is 0 Å². The number of thioether (sulfide) groups is 1. The number of para-hydroxylation sites is 1. The maximum absolute atomic E-state index is 14.1. The second kappa shape index (κ2) is 6.51. The number of rotatable bonds is 3. The second-order valence-corrected chi connectivity index (χ2v) is 10.1. The zero-order chi connectivity index (χ0) is 21.3. The third-order valence-electron chi connectivity index (χ3n) is 6.47. The van der Waals surface area contributed by atoms with Crippen LogP contribution in [-0.4, -0.2) is 29.7 Å². The summed E-state index contributed by atoms with van der Waals surface area (Å²) in [6.45, 7) is 9.00. The molecular formula is C24H26N2O3S. The van der Waals surface area contributed by atoms with Gasteiger partial charge in [-0.05, 0) is 62.9 Å². The van der Waals surface area contributed by atoms with Crippen molar-refractivity contribution in [1.29, 1.82) is 0 Å². The van der Waals surface area contributed by atoms with E-state index in [1.807, 2.05) is 48.2 Å². The van der Waals surface area contributed by atoms with Gasteiger partial charge in [-0.1, -0.05) is 25.1 Å². The highest BCUT2D eigenvalue weighted by molar-refractivity contribution is 8.02. The molecule has 3 heterocycles. The minimum Gasteiger partial charge on any atom is -0.494 e. The molecule has 2 aromatic rings. The van der Waals surface area contributed by atoms with E-state index in [2.05, 4.69) is 26.8 Å². The number of hydrogen-bond acceptors (Lipinski definition) is 4. The third kappa shape index (κ3) is 2.43. The molecule has 30 heavy (non-hydrogen) atoms. The monoisotopic (exact) mass is 422 g/mol. The van der Waals surface area contributed by atoms with Crippen LogP contribution < -0.4 is 14.5 Å². The summed E-state index contributed by atoms with van der Waals surface area (Å²) < 4.78 is 5.56. The Kier molecular flexibility index (Phi) is 4.23. The summed E-state index contributed by atoms with van der Waals surface area (Å²) in [5, 5.41) is 0. The Bertz CT molecular complexity index is 1050. The molecule has 5 rings (SSSR count). The maximum Gasteiger partial charge on any atom is 0.269 e. The number of carbonyl (C=O) groups excluding carboxylic acids is 2. The van der Waals surface area contributed by atoms with Crippen LogP contribution in [-0.2, 0) is 14.5 Å². The molecule has 2 atom stereocenters. The number of amides is 2. The van der Waals surface area contributed by atoms with Crippen LogP contribution in [0.5, 0.6) is 5.75 Å². The lowest BCUT2D eigenvalue weighted by Crippen LogP contribution is -2.56. The van der Waals surface area contributed by atoms with E-state index in [1.54, 1.807) is 4.90 Å². The molecule has 0 N–H and O–H groups in total. The van der Waals surface area contributed by atoms with Crippen molar-refractivity contribution in [2.75, 3.05) is 22.2 Å². The van der Waals surface area contributed by atoms with Crippen molar-refractivity contribution in [1.82, 2.24) is 0 Å². The number of ether oxygens (including phenoxy) is 1. The van der Waals surface area contributed by atoms with E-state index in [0.717, 1.165) is 29.1 Å². The molecule has 0 unspecified atom stereocenters. The van der Waals surface area contributed by atoms with Crippen molar-refractivity contribution in [3.8, 4) is 5.75 Å².